The molecule has 2 bridgehead atoms. The van der Waals surface area contributed by atoms with Crippen LogP contribution in [0.1, 0.15) is 68.6 Å². The minimum Gasteiger partial charge on any atom is -0.489 e. The number of amides is 3. The molecule has 10 heteroatoms. The zero-order chi connectivity index (χ0) is 31.9. The van der Waals surface area contributed by atoms with E-state index < -0.39 is 36.0 Å². The molecule has 0 aromatic heterocycles. The molecule has 2 heterocycles. The van der Waals surface area contributed by atoms with Crippen LogP contribution in [0.4, 0.5) is 4.39 Å². The highest BCUT2D eigenvalue weighted by molar-refractivity contribution is 5.93. The molecule has 0 radical (unpaired) electrons. The Morgan fingerprint density at radius 2 is 1.67 bits per heavy atom. The number of rotatable bonds is 4. The van der Waals surface area contributed by atoms with Gasteiger partial charge in [-0.25, -0.2) is 4.39 Å². The molecule has 1 saturated carbocycles. The van der Waals surface area contributed by atoms with Crippen molar-refractivity contribution in [2.75, 3.05) is 20.1 Å². The summed E-state index contributed by atoms with van der Waals surface area (Å²) in [4.78, 5) is 42.8. The Bertz CT molecular complexity index is 1330. The van der Waals surface area contributed by atoms with Gasteiger partial charge in [-0.15, -0.1) is 0 Å². The quantitative estimate of drug-likeness (QED) is 0.416. The first kappa shape index (κ1) is 32.9. The Balaban J connectivity index is 1.45. The zero-order valence-electron chi connectivity index (χ0n) is 26.4. The summed E-state index contributed by atoms with van der Waals surface area (Å²) in [5.41, 5.74) is 2.92. The van der Waals surface area contributed by atoms with Gasteiger partial charge in [-0.2, -0.15) is 0 Å². The van der Waals surface area contributed by atoms with Gasteiger partial charge in [0.2, 0.25) is 17.7 Å². The molecule has 5 rings (SSSR count). The first-order chi connectivity index (χ1) is 21.7. The first-order valence-corrected chi connectivity index (χ1v) is 16.5. The molecule has 1 aliphatic carbocycles. The summed E-state index contributed by atoms with van der Waals surface area (Å²) in [6, 6.07) is 9.23. The molecule has 9 nitrogen and oxygen atoms in total. The molecule has 1 fully saturated rings. The molecular formula is C35H47FN4O5. The van der Waals surface area contributed by atoms with Gasteiger partial charge in [0.25, 0.3) is 0 Å². The standard InChI is InChI=1S/C35H47FN4O5/c1-22(41)31-34(43)39-29(20-23-13-16-27(36)17-14-23)33(42)37-19-7-12-25-10-6-11-26-15-18-28(45-32(25)26)21-38-30(35(44)40(31)2)24-8-4-3-5-9-24/h6,10-11,13-14,16-17,22,24,28-31,38,41H,3-5,7-9,12,15,18-21H2,1-2H3,(H,37,42)(H,39,43)/t22?,28?,29-,30+,31+/m1/s1. The number of halogens is 1. The lowest BCUT2D eigenvalue weighted by Crippen LogP contribution is -2.61. The summed E-state index contributed by atoms with van der Waals surface area (Å²) < 4.78 is 20.1. The maximum absolute atomic E-state index is 14.2. The van der Waals surface area contributed by atoms with Gasteiger partial charge < -0.3 is 30.7 Å². The fourth-order valence-corrected chi connectivity index (χ4v) is 7.06. The fraction of sp³-hybridized carbons (Fsp3) is 0.571. The highest BCUT2D eigenvalue weighted by Gasteiger charge is 2.39. The van der Waals surface area contributed by atoms with E-state index in [0.717, 1.165) is 56.3 Å². The van der Waals surface area contributed by atoms with Crippen molar-refractivity contribution in [3.8, 4) is 5.75 Å². The molecule has 244 valence electrons. The number of aliphatic hydroxyl groups excluding tert-OH is 1. The molecule has 5 atom stereocenters. The number of nitrogens with zero attached hydrogens (tertiary/aromatic N) is 1. The maximum atomic E-state index is 14.2. The molecule has 2 unspecified atom stereocenters. The van der Waals surface area contributed by atoms with Crippen LogP contribution in [0.5, 0.6) is 5.75 Å². The zero-order valence-corrected chi connectivity index (χ0v) is 26.4. The van der Waals surface area contributed by atoms with Crippen molar-refractivity contribution >= 4 is 17.7 Å². The van der Waals surface area contributed by atoms with Crippen LogP contribution in [0.25, 0.3) is 0 Å². The third-order valence-electron chi connectivity index (χ3n) is 9.55. The van der Waals surface area contributed by atoms with Crippen LogP contribution >= 0.6 is 0 Å². The maximum Gasteiger partial charge on any atom is 0.246 e. The van der Waals surface area contributed by atoms with Crippen molar-refractivity contribution in [3.05, 3.63) is 65.0 Å². The van der Waals surface area contributed by atoms with E-state index in [4.69, 9.17) is 4.74 Å². The molecule has 2 aliphatic heterocycles. The lowest BCUT2D eigenvalue weighted by Gasteiger charge is -2.38. The molecule has 45 heavy (non-hydrogen) atoms. The largest absolute Gasteiger partial charge is 0.489 e. The van der Waals surface area contributed by atoms with E-state index >= 15 is 0 Å². The predicted molar refractivity (Wildman–Crippen MR) is 169 cm³/mol. The summed E-state index contributed by atoms with van der Waals surface area (Å²) in [6.07, 6.45) is 6.92. The van der Waals surface area contributed by atoms with Crippen LogP contribution in [-0.2, 0) is 33.6 Å². The average Bonchev–Trinajstić information content (AvgIpc) is 3.03. The minimum atomic E-state index is -1.21. The number of para-hydroxylation sites is 1. The van der Waals surface area contributed by atoms with Crippen molar-refractivity contribution in [3.63, 3.8) is 0 Å². The lowest BCUT2D eigenvalue weighted by atomic mass is 9.83. The van der Waals surface area contributed by atoms with Crippen molar-refractivity contribution in [2.45, 2.75) is 101 Å². The van der Waals surface area contributed by atoms with Gasteiger partial charge in [0.15, 0.2) is 0 Å². The van der Waals surface area contributed by atoms with Crippen LogP contribution in [0, 0.1) is 11.7 Å². The number of carbonyl (C=O) groups is 3. The highest BCUT2D eigenvalue weighted by Crippen LogP contribution is 2.33. The summed E-state index contributed by atoms with van der Waals surface area (Å²) in [5.74, 6) is -0.674. The van der Waals surface area contributed by atoms with Crippen LogP contribution in [-0.4, -0.2) is 78.2 Å². The van der Waals surface area contributed by atoms with Crippen molar-refractivity contribution in [2.24, 2.45) is 5.92 Å². The monoisotopic (exact) mass is 622 g/mol. The van der Waals surface area contributed by atoms with Crippen LogP contribution in [0.2, 0.25) is 0 Å². The molecule has 3 aliphatic rings. The Kier molecular flexibility index (Phi) is 11.1. The number of fused-ring (bicyclic) bond motifs is 1. The van der Waals surface area contributed by atoms with Gasteiger partial charge in [0, 0.05) is 26.6 Å². The van der Waals surface area contributed by atoms with Gasteiger partial charge in [0.1, 0.15) is 29.8 Å². The molecule has 2 aromatic rings. The van der Waals surface area contributed by atoms with E-state index in [1.54, 1.807) is 19.2 Å². The second-order valence-corrected chi connectivity index (χ2v) is 12.9. The highest BCUT2D eigenvalue weighted by atomic mass is 19.1. The van der Waals surface area contributed by atoms with Crippen LogP contribution < -0.4 is 20.7 Å². The topological polar surface area (TPSA) is 120 Å². The van der Waals surface area contributed by atoms with Gasteiger partial charge in [-0.3, -0.25) is 14.4 Å². The molecule has 3 amide bonds. The van der Waals surface area contributed by atoms with E-state index in [0.29, 0.717) is 31.5 Å². The Morgan fingerprint density at radius 1 is 0.956 bits per heavy atom. The van der Waals surface area contributed by atoms with E-state index in [1.165, 1.54) is 29.5 Å². The second-order valence-electron chi connectivity index (χ2n) is 12.9. The molecule has 2 aromatic carbocycles. The van der Waals surface area contributed by atoms with E-state index in [2.05, 4.69) is 28.1 Å². The predicted octanol–water partition coefficient (Wildman–Crippen LogP) is 3.06. The lowest BCUT2D eigenvalue weighted by molar-refractivity contribution is -0.146. The number of nitrogens with one attached hydrogen (secondary N) is 3. The van der Waals surface area contributed by atoms with Crippen molar-refractivity contribution < 1.29 is 28.6 Å². The number of carbonyl (C=O) groups excluding carboxylic acids is 3. The third-order valence-corrected chi connectivity index (χ3v) is 9.55. The number of aliphatic hydroxyl groups is 1. The number of likely N-dealkylation sites (N-methyl/N-ethyl adjacent to an activating group) is 1. The third kappa shape index (κ3) is 8.21. The Hall–Kier alpha value is -3.50. The number of benzene rings is 2. The van der Waals surface area contributed by atoms with Crippen LogP contribution in [0.3, 0.4) is 0 Å². The molecule has 4 N–H and O–H groups in total. The summed E-state index contributed by atoms with van der Waals surface area (Å²) in [6.45, 7) is 2.35. The van der Waals surface area contributed by atoms with E-state index in [1.807, 2.05) is 6.07 Å². The summed E-state index contributed by atoms with van der Waals surface area (Å²) in [5, 5.41) is 20.1. The van der Waals surface area contributed by atoms with Gasteiger partial charge >= 0.3 is 0 Å². The molecule has 0 saturated heterocycles. The number of aryl methyl sites for hydroxylation is 2. The van der Waals surface area contributed by atoms with Gasteiger partial charge in [-0.05, 0) is 80.2 Å². The van der Waals surface area contributed by atoms with Crippen molar-refractivity contribution in [1.82, 2.24) is 20.9 Å². The van der Waals surface area contributed by atoms with E-state index in [9.17, 15) is 23.9 Å². The smallest absolute Gasteiger partial charge is 0.246 e. The Morgan fingerprint density at radius 3 is 2.38 bits per heavy atom. The average molecular weight is 623 g/mol. The SMILES string of the molecule is CC(O)[C@H]1C(=O)N[C@H](Cc2ccc(F)cc2)C(=O)NCCCc2cccc3c2OC(CC3)CN[C@@H](C2CCCCC2)C(=O)N1C. The van der Waals surface area contributed by atoms with Gasteiger partial charge in [-0.1, -0.05) is 49.6 Å². The minimum absolute atomic E-state index is 0.0976. The number of hydrogen-bond acceptors (Lipinski definition) is 6. The van der Waals surface area contributed by atoms with Crippen molar-refractivity contribution in [1.29, 1.82) is 0 Å². The molecule has 0 spiro atoms. The fourth-order valence-electron chi connectivity index (χ4n) is 7.06. The summed E-state index contributed by atoms with van der Waals surface area (Å²) in [7, 11) is 1.55. The van der Waals surface area contributed by atoms with E-state index in [-0.39, 0.29) is 30.3 Å². The first-order valence-electron chi connectivity index (χ1n) is 16.5. The Labute approximate surface area is 265 Å². The normalized spacial score (nSPS) is 26.6. The number of ether oxygens (including phenoxy) is 1. The second kappa shape index (κ2) is 15.2. The number of hydrogen-bond donors (Lipinski definition) is 4. The molecular weight excluding hydrogens is 575 g/mol. The summed E-state index contributed by atoms with van der Waals surface area (Å²) >= 11 is 0. The van der Waals surface area contributed by atoms with Gasteiger partial charge in [0.05, 0.1) is 12.1 Å². The van der Waals surface area contributed by atoms with Crippen LogP contribution in [0.15, 0.2) is 42.5 Å².